The molecule has 0 saturated carbocycles. The van der Waals surface area contributed by atoms with Crippen molar-refractivity contribution in [1.82, 2.24) is 5.32 Å². The molecule has 0 radical (unpaired) electrons. The average molecular weight is 494 g/mol. The van der Waals surface area contributed by atoms with Crippen LogP contribution in [0.15, 0.2) is 66.7 Å². The van der Waals surface area contributed by atoms with Gasteiger partial charge in [-0.1, -0.05) is 35.9 Å². The second kappa shape index (κ2) is 8.49. The van der Waals surface area contributed by atoms with E-state index in [1.165, 1.54) is 0 Å². The molecule has 0 aromatic heterocycles. The van der Waals surface area contributed by atoms with Gasteiger partial charge in [-0.25, -0.2) is 0 Å². The number of benzene rings is 3. The zero-order chi connectivity index (χ0) is 24.0. The third-order valence-electron chi connectivity index (χ3n) is 6.36. The zero-order valence-electron chi connectivity index (χ0n) is 19.0. The molecule has 2 heterocycles. The maximum absolute atomic E-state index is 13.8. The van der Waals surface area contributed by atoms with Gasteiger partial charge in [0, 0.05) is 22.0 Å². The van der Waals surface area contributed by atoms with Gasteiger partial charge in [0.2, 0.25) is 5.91 Å². The molecule has 8 heteroatoms. The van der Waals surface area contributed by atoms with Gasteiger partial charge in [-0.3, -0.25) is 9.69 Å². The number of hydrogen-bond donors (Lipinski definition) is 2. The van der Waals surface area contributed by atoms with Crippen molar-refractivity contribution < 1.29 is 14.3 Å². The van der Waals surface area contributed by atoms with Crippen LogP contribution in [-0.4, -0.2) is 23.9 Å². The van der Waals surface area contributed by atoms with Crippen LogP contribution in [0.25, 0.3) is 0 Å². The minimum absolute atomic E-state index is 0.198. The number of anilines is 2. The summed E-state index contributed by atoms with van der Waals surface area (Å²) >= 11 is 11.8. The molecule has 174 valence electrons. The van der Waals surface area contributed by atoms with Gasteiger partial charge in [-0.2, -0.15) is 0 Å². The van der Waals surface area contributed by atoms with Crippen LogP contribution >= 0.6 is 23.8 Å². The quantitative estimate of drug-likeness (QED) is 0.471. The summed E-state index contributed by atoms with van der Waals surface area (Å²) in [7, 11) is 1.60. The monoisotopic (exact) mass is 493 g/mol. The van der Waals surface area contributed by atoms with E-state index in [-0.39, 0.29) is 5.91 Å². The summed E-state index contributed by atoms with van der Waals surface area (Å²) < 4.78 is 12.3. The summed E-state index contributed by atoms with van der Waals surface area (Å²) in [5, 5.41) is 7.53. The SMILES string of the molecule is COc1cccc2c1O[C@@]1(C)[C@@H](C(=O)Nc3ccc(Cl)cc3)[C@H]2NC(=S)N1c1cccc(C)c1. The van der Waals surface area contributed by atoms with E-state index >= 15 is 0 Å². The third-order valence-corrected chi connectivity index (χ3v) is 6.92. The highest BCUT2D eigenvalue weighted by molar-refractivity contribution is 7.80. The van der Waals surface area contributed by atoms with Gasteiger partial charge in [-0.15, -0.1) is 0 Å². The number of aryl methyl sites for hydroxylation is 1. The van der Waals surface area contributed by atoms with Gasteiger partial charge in [-0.05, 0) is 74.1 Å². The first-order valence-electron chi connectivity index (χ1n) is 10.9. The molecular weight excluding hydrogens is 470 g/mol. The Labute approximate surface area is 208 Å². The molecule has 0 aliphatic carbocycles. The molecule has 0 unspecified atom stereocenters. The summed E-state index contributed by atoms with van der Waals surface area (Å²) in [6.45, 7) is 3.91. The number of rotatable bonds is 4. The van der Waals surface area contributed by atoms with Gasteiger partial charge < -0.3 is 20.1 Å². The van der Waals surface area contributed by atoms with E-state index in [1.54, 1.807) is 31.4 Å². The summed E-state index contributed by atoms with van der Waals surface area (Å²) in [6, 6.07) is 20.2. The molecule has 1 fully saturated rings. The zero-order valence-corrected chi connectivity index (χ0v) is 20.5. The molecule has 1 saturated heterocycles. The molecule has 2 aliphatic heterocycles. The maximum Gasteiger partial charge on any atom is 0.236 e. The first-order valence-corrected chi connectivity index (χ1v) is 11.7. The first kappa shape index (κ1) is 22.5. The number of amides is 1. The van der Waals surface area contributed by atoms with Crippen LogP contribution in [0, 0.1) is 12.8 Å². The average Bonchev–Trinajstić information content (AvgIpc) is 2.79. The van der Waals surface area contributed by atoms with Crippen molar-refractivity contribution >= 4 is 46.2 Å². The van der Waals surface area contributed by atoms with Gasteiger partial charge >= 0.3 is 0 Å². The second-order valence-corrected chi connectivity index (χ2v) is 9.43. The maximum atomic E-state index is 13.8. The smallest absolute Gasteiger partial charge is 0.236 e. The third kappa shape index (κ3) is 3.65. The minimum Gasteiger partial charge on any atom is -0.493 e. The highest BCUT2D eigenvalue weighted by Crippen LogP contribution is 2.52. The standard InChI is InChI=1S/C26H24ClN3O3S/c1-15-6-4-7-18(14-15)30-25(34)29-22-19-8-5-9-20(32-3)23(19)33-26(30,2)21(22)24(31)28-17-12-10-16(27)11-13-17/h4-14,21-22H,1-3H3,(H,28,31)(H,29,34)/t21-,22+,26+/m1/s1. The van der Waals surface area contributed by atoms with Crippen LogP contribution in [0.1, 0.15) is 24.1 Å². The van der Waals surface area contributed by atoms with E-state index in [0.29, 0.717) is 27.3 Å². The fraction of sp³-hybridized carbons (Fsp3) is 0.231. The van der Waals surface area contributed by atoms with Gasteiger partial charge in [0.1, 0.15) is 5.92 Å². The number of fused-ring (bicyclic) bond motifs is 4. The Hall–Kier alpha value is -3.29. The van der Waals surface area contributed by atoms with Crippen molar-refractivity contribution in [3.63, 3.8) is 0 Å². The largest absolute Gasteiger partial charge is 0.493 e. The van der Waals surface area contributed by atoms with E-state index in [2.05, 4.69) is 10.6 Å². The molecule has 3 aromatic carbocycles. The Bertz CT molecular complexity index is 1280. The van der Waals surface area contributed by atoms with E-state index in [9.17, 15) is 4.79 Å². The number of nitrogens with zero attached hydrogens (tertiary/aromatic N) is 1. The molecule has 34 heavy (non-hydrogen) atoms. The number of nitrogens with one attached hydrogen (secondary N) is 2. The molecular formula is C26H24ClN3O3S. The fourth-order valence-electron chi connectivity index (χ4n) is 4.84. The number of para-hydroxylation sites is 1. The Morgan fingerprint density at radius 2 is 1.91 bits per heavy atom. The van der Waals surface area contributed by atoms with Crippen LogP contribution in [-0.2, 0) is 4.79 Å². The van der Waals surface area contributed by atoms with Crippen LogP contribution in [0.2, 0.25) is 5.02 Å². The van der Waals surface area contributed by atoms with Gasteiger partial charge in [0.05, 0.1) is 13.2 Å². The normalized spacial score (nSPS) is 22.8. The number of ether oxygens (including phenoxy) is 2. The predicted molar refractivity (Wildman–Crippen MR) is 138 cm³/mol. The van der Waals surface area contributed by atoms with Crippen LogP contribution in [0.4, 0.5) is 11.4 Å². The Kier molecular flexibility index (Phi) is 5.62. The fourth-order valence-corrected chi connectivity index (χ4v) is 5.38. The van der Waals surface area contributed by atoms with Crippen LogP contribution in [0.3, 0.4) is 0 Å². The Morgan fingerprint density at radius 1 is 1.18 bits per heavy atom. The van der Waals surface area contributed by atoms with Crippen molar-refractivity contribution in [3.8, 4) is 11.5 Å². The summed E-state index contributed by atoms with van der Waals surface area (Å²) in [5.74, 6) is 0.357. The molecule has 5 rings (SSSR count). The van der Waals surface area contributed by atoms with Gasteiger partial charge in [0.15, 0.2) is 22.3 Å². The molecule has 6 nitrogen and oxygen atoms in total. The lowest BCUT2D eigenvalue weighted by molar-refractivity contribution is -0.130. The van der Waals surface area contributed by atoms with Gasteiger partial charge in [0.25, 0.3) is 0 Å². The Balaban J connectivity index is 1.65. The molecule has 0 spiro atoms. The molecule has 3 aromatic rings. The molecule has 3 atom stereocenters. The number of hydrogen-bond acceptors (Lipinski definition) is 4. The number of halogens is 1. The number of carbonyl (C=O) groups excluding carboxylic acids is 1. The van der Waals surface area contributed by atoms with Crippen molar-refractivity contribution in [3.05, 3.63) is 82.9 Å². The van der Waals surface area contributed by atoms with E-state index < -0.39 is 17.7 Å². The lowest BCUT2D eigenvalue weighted by atomic mass is 9.78. The molecule has 2 bridgehead atoms. The molecule has 2 N–H and O–H groups in total. The number of thiocarbonyl (C=S) groups is 1. The first-order chi connectivity index (χ1) is 16.3. The molecule has 1 amide bonds. The number of methoxy groups -OCH3 is 1. The Morgan fingerprint density at radius 3 is 2.62 bits per heavy atom. The number of carbonyl (C=O) groups is 1. The van der Waals surface area contributed by atoms with E-state index in [0.717, 1.165) is 16.8 Å². The lowest BCUT2D eigenvalue weighted by Crippen LogP contribution is -2.72. The predicted octanol–water partition coefficient (Wildman–Crippen LogP) is 5.46. The second-order valence-electron chi connectivity index (χ2n) is 8.61. The van der Waals surface area contributed by atoms with E-state index in [1.807, 2.05) is 61.2 Å². The van der Waals surface area contributed by atoms with Crippen LogP contribution in [0.5, 0.6) is 11.5 Å². The van der Waals surface area contributed by atoms with Crippen molar-refractivity contribution in [2.24, 2.45) is 5.92 Å². The molecule has 2 aliphatic rings. The van der Waals surface area contributed by atoms with Crippen LogP contribution < -0.4 is 25.0 Å². The highest BCUT2D eigenvalue weighted by Gasteiger charge is 2.59. The minimum atomic E-state index is -1.13. The summed E-state index contributed by atoms with van der Waals surface area (Å²) in [4.78, 5) is 15.7. The van der Waals surface area contributed by atoms with E-state index in [4.69, 9.17) is 33.3 Å². The van der Waals surface area contributed by atoms with Crippen molar-refractivity contribution in [1.29, 1.82) is 0 Å². The topological polar surface area (TPSA) is 62.8 Å². The summed E-state index contributed by atoms with van der Waals surface area (Å²) in [6.07, 6.45) is 0. The lowest BCUT2D eigenvalue weighted by Gasteiger charge is -2.56. The van der Waals surface area contributed by atoms with Crippen molar-refractivity contribution in [2.75, 3.05) is 17.3 Å². The highest BCUT2D eigenvalue weighted by atomic mass is 35.5. The van der Waals surface area contributed by atoms with Crippen molar-refractivity contribution in [2.45, 2.75) is 25.6 Å². The summed E-state index contributed by atoms with van der Waals surface area (Å²) in [5.41, 5.74) is 2.25.